The van der Waals surface area contributed by atoms with Crippen LogP contribution in [0.5, 0.6) is 0 Å². The highest BCUT2D eigenvalue weighted by Crippen LogP contribution is 2.11. The van der Waals surface area contributed by atoms with Crippen molar-refractivity contribution < 1.29 is 10.0 Å². The van der Waals surface area contributed by atoms with Gasteiger partial charge in [-0.25, -0.2) is 0 Å². The average Bonchev–Trinajstić information content (AvgIpc) is 2.01. The number of nitrogen functional groups attached to an aromatic ring is 2. The van der Waals surface area contributed by atoms with Gasteiger partial charge in [-0.05, 0) is 0 Å². The Bertz CT molecular complexity index is 282. The largest absolute Gasteiger partial charge is 0.383 e. The molecule has 5 N–H and O–H groups in total. The molecule has 0 fully saturated rings. The van der Waals surface area contributed by atoms with E-state index in [1.54, 1.807) is 0 Å². The van der Waals surface area contributed by atoms with Gasteiger partial charge < -0.3 is 11.5 Å². The quantitative estimate of drug-likeness (QED) is 0.296. The highest BCUT2D eigenvalue weighted by molar-refractivity contribution is 5.70. The minimum atomic E-state index is -0.106. The molecule has 0 saturated carbocycles. The van der Waals surface area contributed by atoms with Crippen LogP contribution in [0.4, 0.5) is 17.6 Å². The molecular weight excluding hydrogens is 162 g/mol. The molecule has 0 aliphatic rings. The van der Waals surface area contributed by atoms with Crippen LogP contribution in [0.1, 0.15) is 0 Å². The van der Waals surface area contributed by atoms with E-state index in [4.69, 9.17) is 16.7 Å². The van der Waals surface area contributed by atoms with Gasteiger partial charge >= 0.3 is 0 Å². The van der Waals surface area contributed by atoms with Crippen LogP contribution < -0.4 is 16.5 Å². The predicted octanol–water partition coefficient (Wildman–Crippen LogP) is -1.01. The first-order valence-electron chi connectivity index (χ1n) is 2.97. The first-order valence-corrected chi connectivity index (χ1v) is 2.97. The lowest BCUT2D eigenvalue weighted by atomic mass is 10.5. The highest BCUT2D eigenvalue weighted by atomic mass is 16.5. The molecule has 64 valence electrons. The first-order chi connectivity index (χ1) is 5.63. The number of carbonyl (C=O) groups excluding carboxylic acids is 1. The molecule has 1 amide bonds. The van der Waals surface area contributed by atoms with E-state index in [1.165, 1.54) is 6.07 Å². The molecule has 0 unspecified atom stereocenters. The summed E-state index contributed by atoms with van der Waals surface area (Å²) in [5.41, 5.74) is 10.5. The van der Waals surface area contributed by atoms with Crippen molar-refractivity contribution in [2.24, 2.45) is 0 Å². The summed E-state index contributed by atoms with van der Waals surface area (Å²) in [4.78, 5) is 17.1. The number of amides is 1. The van der Waals surface area contributed by atoms with E-state index in [2.05, 4.69) is 9.97 Å². The number of nitrogens with two attached hydrogens (primary N) is 2. The molecule has 7 nitrogen and oxygen atoms in total. The minimum Gasteiger partial charge on any atom is -0.383 e. The lowest BCUT2D eigenvalue weighted by Gasteiger charge is -2.07. The summed E-state index contributed by atoms with van der Waals surface area (Å²) in [6.45, 7) is 0. The first kappa shape index (κ1) is 8.21. The third kappa shape index (κ3) is 1.58. The molecule has 12 heavy (non-hydrogen) atoms. The maximum absolute atomic E-state index is 10.1. The number of anilines is 3. The third-order valence-corrected chi connectivity index (χ3v) is 1.08. The van der Waals surface area contributed by atoms with Crippen molar-refractivity contribution >= 4 is 24.0 Å². The fourth-order valence-corrected chi connectivity index (χ4v) is 0.643. The number of hydrogen-bond donors (Lipinski definition) is 3. The monoisotopic (exact) mass is 169 g/mol. The lowest BCUT2D eigenvalue weighted by Crippen LogP contribution is -2.17. The summed E-state index contributed by atoms with van der Waals surface area (Å²) in [6, 6.07) is 1.21. The number of rotatable bonds is 2. The van der Waals surface area contributed by atoms with Gasteiger partial charge in [0.15, 0.2) is 5.82 Å². The fourth-order valence-electron chi connectivity index (χ4n) is 0.643. The van der Waals surface area contributed by atoms with Crippen LogP contribution in [0.25, 0.3) is 0 Å². The fraction of sp³-hybridized carbons (Fsp3) is 0. The second-order valence-electron chi connectivity index (χ2n) is 1.96. The van der Waals surface area contributed by atoms with Gasteiger partial charge in [-0.2, -0.15) is 15.0 Å². The molecule has 0 spiro atoms. The molecule has 0 radical (unpaired) electrons. The van der Waals surface area contributed by atoms with Gasteiger partial charge in [-0.3, -0.25) is 10.0 Å². The average molecular weight is 169 g/mol. The molecule has 1 heterocycles. The molecule has 7 heteroatoms. The molecule has 0 saturated heterocycles. The molecule has 0 atom stereocenters. The Morgan fingerprint density at radius 1 is 1.50 bits per heavy atom. The Labute approximate surface area is 67.6 Å². The molecule has 0 aliphatic carbocycles. The summed E-state index contributed by atoms with van der Waals surface area (Å²) in [7, 11) is 0. The predicted molar refractivity (Wildman–Crippen MR) is 41.2 cm³/mol. The molecule has 1 aromatic heterocycles. The van der Waals surface area contributed by atoms with E-state index < -0.39 is 0 Å². The Morgan fingerprint density at radius 3 is 2.67 bits per heavy atom. The van der Waals surface area contributed by atoms with E-state index in [9.17, 15) is 4.79 Å². The maximum atomic E-state index is 10.1. The molecule has 1 rings (SSSR count). The smallest absolute Gasteiger partial charge is 0.239 e. The number of carbonyl (C=O) groups is 1. The third-order valence-electron chi connectivity index (χ3n) is 1.08. The van der Waals surface area contributed by atoms with Gasteiger partial charge in [-0.1, -0.05) is 0 Å². The van der Waals surface area contributed by atoms with Crippen LogP contribution in [0.2, 0.25) is 0 Å². The second kappa shape index (κ2) is 3.01. The molecule has 0 aliphatic heterocycles. The van der Waals surface area contributed by atoms with E-state index in [-0.39, 0.29) is 29.1 Å². The zero-order chi connectivity index (χ0) is 9.14. The zero-order valence-electron chi connectivity index (χ0n) is 6.01. The van der Waals surface area contributed by atoms with E-state index in [1.807, 2.05) is 0 Å². The van der Waals surface area contributed by atoms with Crippen LogP contribution in [0.3, 0.4) is 0 Å². The van der Waals surface area contributed by atoms with Crippen molar-refractivity contribution in [3.8, 4) is 0 Å². The van der Waals surface area contributed by atoms with Crippen molar-refractivity contribution in [2.45, 2.75) is 0 Å². The Morgan fingerprint density at radius 2 is 2.17 bits per heavy atom. The number of aromatic nitrogens is 2. The van der Waals surface area contributed by atoms with Crippen LogP contribution in [0.15, 0.2) is 6.07 Å². The van der Waals surface area contributed by atoms with Crippen molar-refractivity contribution in [3.05, 3.63) is 6.07 Å². The van der Waals surface area contributed by atoms with Crippen molar-refractivity contribution in [1.29, 1.82) is 0 Å². The Kier molecular flexibility index (Phi) is 2.06. The Balaban J connectivity index is 3.08. The van der Waals surface area contributed by atoms with Gasteiger partial charge in [0, 0.05) is 6.07 Å². The summed E-state index contributed by atoms with van der Waals surface area (Å²) in [5, 5.41) is 9.10. The molecular formula is C5H7N5O2. The van der Waals surface area contributed by atoms with Gasteiger partial charge in [0.05, 0.1) is 0 Å². The number of hydrogen-bond acceptors (Lipinski definition) is 6. The summed E-state index contributed by atoms with van der Waals surface area (Å²) in [5.74, 6) is -0.0840. The maximum Gasteiger partial charge on any atom is 0.239 e. The normalized spacial score (nSPS) is 9.42. The molecule has 1 aromatic rings. The van der Waals surface area contributed by atoms with Crippen molar-refractivity contribution in [2.75, 3.05) is 16.5 Å². The SMILES string of the molecule is Nc1cc(N(O)C=O)nc(N)n1. The van der Waals surface area contributed by atoms with E-state index in [0.29, 0.717) is 0 Å². The summed E-state index contributed by atoms with van der Waals surface area (Å²) in [6.07, 6.45) is 0.168. The van der Waals surface area contributed by atoms with Crippen LogP contribution in [0, 0.1) is 0 Å². The highest BCUT2D eigenvalue weighted by Gasteiger charge is 2.04. The van der Waals surface area contributed by atoms with E-state index in [0.717, 1.165) is 0 Å². The topological polar surface area (TPSA) is 118 Å². The number of hydroxylamine groups is 1. The summed E-state index contributed by atoms with van der Waals surface area (Å²) >= 11 is 0. The van der Waals surface area contributed by atoms with Crippen molar-refractivity contribution in [1.82, 2.24) is 9.97 Å². The number of nitrogens with zero attached hydrogens (tertiary/aromatic N) is 3. The van der Waals surface area contributed by atoms with Crippen LogP contribution in [-0.2, 0) is 4.79 Å². The minimum absolute atomic E-state index is 0.0602. The van der Waals surface area contributed by atoms with Crippen LogP contribution >= 0.6 is 0 Å². The Hall–Kier alpha value is -1.89. The zero-order valence-corrected chi connectivity index (χ0v) is 6.01. The van der Waals surface area contributed by atoms with E-state index >= 15 is 0 Å². The van der Waals surface area contributed by atoms with Gasteiger partial charge in [0.2, 0.25) is 12.4 Å². The van der Waals surface area contributed by atoms with Gasteiger partial charge in [0.1, 0.15) is 5.82 Å². The second-order valence-corrected chi connectivity index (χ2v) is 1.96. The van der Waals surface area contributed by atoms with Crippen LogP contribution in [-0.4, -0.2) is 21.6 Å². The van der Waals surface area contributed by atoms with Gasteiger partial charge in [0.25, 0.3) is 0 Å². The standard InChI is InChI=1S/C5H7N5O2/c6-3-1-4(10(12)2-11)9-5(7)8-3/h1-2,12H,(H4,6,7,8,9). The lowest BCUT2D eigenvalue weighted by molar-refractivity contribution is -0.111. The van der Waals surface area contributed by atoms with Crippen molar-refractivity contribution in [3.63, 3.8) is 0 Å². The molecule has 0 aromatic carbocycles. The van der Waals surface area contributed by atoms with Gasteiger partial charge in [-0.15, -0.1) is 0 Å². The summed E-state index contributed by atoms with van der Waals surface area (Å²) < 4.78 is 0. The molecule has 0 bridgehead atoms.